The zero-order chi connectivity index (χ0) is 24.9. The molecule has 1 aliphatic heterocycles. The normalized spacial score (nSPS) is 13.4. The first-order valence-electron chi connectivity index (χ1n) is 11.1. The number of hydrogen-bond acceptors (Lipinski definition) is 7. The molecular weight excluding hydrogens is 454 g/mol. The molecule has 11 heteroatoms. The highest BCUT2D eigenvalue weighted by molar-refractivity contribution is 5.94. The molecule has 0 aliphatic carbocycles. The lowest BCUT2D eigenvalue weighted by Gasteiger charge is -2.34. The van der Waals surface area contributed by atoms with Crippen LogP contribution in [-0.2, 0) is 4.74 Å². The van der Waals surface area contributed by atoms with Crippen molar-refractivity contribution >= 4 is 17.7 Å². The number of benzene rings is 2. The summed E-state index contributed by atoms with van der Waals surface area (Å²) in [5, 5.41) is 15.9. The molecule has 0 atom stereocenters. The van der Waals surface area contributed by atoms with E-state index in [2.05, 4.69) is 5.10 Å². The zero-order valence-corrected chi connectivity index (χ0v) is 19.4. The van der Waals surface area contributed by atoms with Crippen LogP contribution >= 0.6 is 0 Å². The topological polar surface area (TPSA) is 120 Å². The molecule has 1 aromatic heterocycles. The van der Waals surface area contributed by atoms with Crippen LogP contribution in [0.15, 0.2) is 54.6 Å². The number of nitro groups is 1. The molecule has 182 valence electrons. The molecule has 0 radical (unpaired) electrons. The minimum Gasteiger partial charge on any atom is -0.497 e. The third-order valence-electron chi connectivity index (χ3n) is 5.67. The second-order valence-electron chi connectivity index (χ2n) is 7.81. The maximum absolute atomic E-state index is 13.6. The van der Waals surface area contributed by atoms with E-state index in [-0.39, 0.29) is 23.9 Å². The van der Waals surface area contributed by atoms with Gasteiger partial charge in [0.15, 0.2) is 0 Å². The minimum absolute atomic E-state index is 0.109. The zero-order valence-electron chi connectivity index (χ0n) is 19.4. The molecule has 1 aliphatic rings. The molecule has 0 spiro atoms. The first-order valence-corrected chi connectivity index (χ1v) is 11.1. The van der Waals surface area contributed by atoms with Gasteiger partial charge in [0.05, 0.1) is 30.0 Å². The summed E-state index contributed by atoms with van der Waals surface area (Å²) in [5.41, 5.74) is 1.79. The van der Waals surface area contributed by atoms with E-state index < -0.39 is 11.0 Å². The quantitative estimate of drug-likeness (QED) is 0.393. The Kier molecular flexibility index (Phi) is 6.95. The number of hydrogen-bond donors (Lipinski definition) is 0. The number of methoxy groups -OCH3 is 1. The summed E-state index contributed by atoms with van der Waals surface area (Å²) in [7, 11) is 1.56. The van der Waals surface area contributed by atoms with Crippen LogP contribution in [-0.4, -0.2) is 76.4 Å². The molecule has 0 bridgehead atoms. The van der Waals surface area contributed by atoms with Crippen LogP contribution in [0.5, 0.6) is 5.75 Å². The Labute approximate surface area is 201 Å². The molecular formula is C24H25N5O6. The number of ether oxygens (including phenoxy) is 2. The predicted molar refractivity (Wildman–Crippen MR) is 127 cm³/mol. The van der Waals surface area contributed by atoms with Crippen molar-refractivity contribution in [2.45, 2.75) is 6.92 Å². The van der Waals surface area contributed by atoms with Gasteiger partial charge in [-0.1, -0.05) is 18.2 Å². The van der Waals surface area contributed by atoms with Crippen molar-refractivity contribution in [2.24, 2.45) is 0 Å². The number of piperazine rings is 1. The molecule has 35 heavy (non-hydrogen) atoms. The van der Waals surface area contributed by atoms with E-state index in [0.717, 1.165) is 5.56 Å². The summed E-state index contributed by atoms with van der Waals surface area (Å²) in [6.07, 6.45) is -0.401. The molecule has 0 unspecified atom stereocenters. The molecule has 2 aromatic carbocycles. The van der Waals surface area contributed by atoms with Crippen LogP contribution in [0.1, 0.15) is 17.4 Å². The molecule has 4 rings (SSSR count). The van der Waals surface area contributed by atoms with Crippen LogP contribution in [0.3, 0.4) is 0 Å². The fourth-order valence-corrected chi connectivity index (χ4v) is 3.86. The SMILES string of the molecule is CCOC(=O)N1CCN(C(=O)c2cc(-c3cccc(OC)c3)nn2-c2cccc([N+](=O)[O-])c2)CC1. The highest BCUT2D eigenvalue weighted by atomic mass is 16.6. The van der Waals surface area contributed by atoms with Crippen LogP contribution in [0.4, 0.5) is 10.5 Å². The highest BCUT2D eigenvalue weighted by Crippen LogP contribution is 2.27. The average Bonchev–Trinajstić information content (AvgIpc) is 3.34. The van der Waals surface area contributed by atoms with Crippen molar-refractivity contribution in [3.05, 3.63) is 70.4 Å². The van der Waals surface area contributed by atoms with Crippen molar-refractivity contribution in [2.75, 3.05) is 39.9 Å². The Morgan fingerprint density at radius 3 is 2.43 bits per heavy atom. The number of nitrogens with zero attached hydrogens (tertiary/aromatic N) is 5. The van der Waals surface area contributed by atoms with Gasteiger partial charge >= 0.3 is 6.09 Å². The Bertz CT molecular complexity index is 1250. The van der Waals surface area contributed by atoms with Crippen molar-refractivity contribution < 1.29 is 24.0 Å². The monoisotopic (exact) mass is 479 g/mol. The van der Waals surface area contributed by atoms with Crippen molar-refractivity contribution in [1.82, 2.24) is 19.6 Å². The summed E-state index contributed by atoms with van der Waals surface area (Å²) in [6, 6.07) is 14.9. The molecule has 1 fully saturated rings. The number of rotatable bonds is 6. The molecule has 1 saturated heterocycles. The van der Waals surface area contributed by atoms with E-state index in [4.69, 9.17) is 9.47 Å². The van der Waals surface area contributed by atoms with E-state index in [9.17, 15) is 19.7 Å². The van der Waals surface area contributed by atoms with Crippen LogP contribution in [0.25, 0.3) is 16.9 Å². The smallest absolute Gasteiger partial charge is 0.409 e. The van der Waals surface area contributed by atoms with Gasteiger partial charge in [-0.2, -0.15) is 5.10 Å². The first kappa shape index (κ1) is 23.7. The number of amides is 2. The molecule has 2 amide bonds. The lowest BCUT2D eigenvalue weighted by molar-refractivity contribution is -0.384. The second-order valence-corrected chi connectivity index (χ2v) is 7.81. The van der Waals surface area contributed by atoms with Crippen molar-refractivity contribution in [3.8, 4) is 22.7 Å². The second kappa shape index (κ2) is 10.2. The van der Waals surface area contributed by atoms with E-state index in [1.165, 1.54) is 16.8 Å². The fraction of sp³-hybridized carbons (Fsp3) is 0.292. The number of carbonyl (C=O) groups excluding carboxylic acids is 2. The van der Waals surface area contributed by atoms with E-state index >= 15 is 0 Å². The van der Waals surface area contributed by atoms with Gasteiger partial charge in [-0.05, 0) is 31.2 Å². The Morgan fingerprint density at radius 2 is 1.74 bits per heavy atom. The summed E-state index contributed by atoms with van der Waals surface area (Å²) < 4.78 is 11.8. The van der Waals surface area contributed by atoms with E-state index in [1.807, 2.05) is 12.1 Å². The number of nitro benzene ring substituents is 1. The number of aromatic nitrogens is 2. The third-order valence-corrected chi connectivity index (χ3v) is 5.67. The van der Waals surface area contributed by atoms with Gasteiger partial charge in [-0.3, -0.25) is 14.9 Å². The number of carbonyl (C=O) groups is 2. The fourth-order valence-electron chi connectivity index (χ4n) is 3.86. The molecule has 0 saturated carbocycles. The Balaban J connectivity index is 1.69. The highest BCUT2D eigenvalue weighted by Gasteiger charge is 2.28. The van der Waals surface area contributed by atoms with Crippen molar-refractivity contribution in [3.63, 3.8) is 0 Å². The molecule has 0 N–H and O–H groups in total. The summed E-state index contributed by atoms with van der Waals surface area (Å²) in [4.78, 5) is 39.6. The maximum Gasteiger partial charge on any atom is 0.409 e. The standard InChI is InChI=1S/C24H25N5O6/c1-3-35-24(31)27-12-10-26(11-13-27)23(30)22-16-21(17-6-4-9-20(14-17)34-2)25-28(22)18-7-5-8-19(15-18)29(32)33/h4-9,14-16H,3,10-13H2,1-2H3. The van der Waals surface area contributed by atoms with Gasteiger partial charge in [-0.25, -0.2) is 9.48 Å². The van der Waals surface area contributed by atoms with Gasteiger partial charge < -0.3 is 19.3 Å². The van der Waals surface area contributed by atoms with Gasteiger partial charge in [-0.15, -0.1) is 0 Å². The Hall–Kier alpha value is -4.41. The van der Waals surface area contributed by atoms with Gasteiger partial charge in [0, 0.05) is 43.9 Å². The maximum atomic E-state index is 13.6. The molecule has 2 heterocycles. The van der Waals surface area contributed by atoms with E-state index in [1.54, 1.807) is 54.2 Å². The van der Waals surface area contributed by atoms with Gasteiger partial charge in [0.2, 0.25) is 0 Å². The molecule has 3 aromatic rings. The van der Waals surface area contributed by atoms with Crippen LogP contribution in [0.2, 0.25) is 0 Å². The Morgan fingerprint density at radius 1 is 1.03 bits per heavy atom. The minimum atomic E-state index is -0.494. The van der Waals surface area contributed by atoms with Gasteiger partial charge in [0.1, 0.15) is 11.4 Å². The average molecular weight is 479 g/mol. The summed E-state index contributed by atoms with van der Waals surface area (Å²) in [6.45, 7) is 3.37. The largest absolute Gasteiger partial charge is 0.497 e. The lowest BCUT2D eigenvalue weighted by Crippen LogP contribution is -2.51. The first-order chi connectivity index (χ1) is 16.9. The van der Waals surface area contributed by atoms with Crippen LogP contribution < -0.4 is 4.74 Å². The molecule has 11 nitrogen and oxygen atoms in total. The van der Waals surface area contributed by atoms with Crippen LogP contribution in [0, 0.1) is 10.1 Å². The van der Waals surface area contributed by atoms with Crippen molar-refractivity contribution in [1.29, 1.82) is 0 Å². The third kappa shape index (κ3) is 5.08. The van der Waals surface area contributed by atoms with E-state index in [0.29, 0.717) is 43.3 Å². The van der Waals surface area contributed by atoms with Gasteiger partial charge in [0.25, 0.3) is 11.6 Å². The number of non-ortho nitro benzene ring substituents is 1. The summed E-state index contributed by atoms with van der Waals surface area (Å²) in [5.74, 6) is 0.344. The summed E-state index contributed by atoms with van der Waals surface area (Å²) >= 11 is 0. The predicted octanol–water partition coefficient (Wildman–Crippen LogP) is 3.37. The lowest BCUT2D eigenvalue weighted by atomic mass is 10.1.